The van der Waals surface area contributed by atoms with Gasteiger partial charge in [0.1, 0.15) is 6.10 Å². The van der Waals surface area contributed by atoms with Gasteiger partial charge in [0.15, 0.2) is 0 Å². The Balaban J connectivity index is 2.23. The third-order valence-corrected chi connectivity index (χ3v) is 5.78. The number of ether oxygens (including phenoxy) is 1. The van der Waals surface area contributed by atoms with E-state index in [1.807, 2.05) is 0 Å². The molecule has 1 heterocycles. The molecule has 1 aliphatic heterocycles. The number of benzene rings is 1. The number of hydrogen-bond acceptors (Lipinski definition) is 7. The maximum Gasteiger partial charge on any atom is 0.414 e. The summed E-state index contributed by atoms with van der Waals surface area (Å²) in [6.07, 6.45) is -0.555. The third kappa shape index (κ3) is 3.74. The van der Waals surface area contributed by atoms with Gasteiger partial charge in [0.25, 0.3) is 10.0 Å². The Labute approximate surface area is 127 Å². The van der Waals surface area contributed by atoms with Crippen LogP contribution in [0.5, 0.6) is 0 Å². The molecular weight excluding hydrogens is 336 g/mol. The van der Waals surface area contributed by atoms with Crippen LogP contribution in [0.1, 0.15) is 0 Å². The lowest BCUT2D eigenvalue weighted by atomic mass is 10.3. The van der Waals surface area contributed by atoms with Crippen LogP contribution in [0.25, 0.3) is 0 Å². The fourth-order valence-electron chi connectivity index (χ4n) is 1.88. The number of amides is 1. The maximum absolute atomic E-state index is 11.8. The highest BCUT2D eigenvalue weighted by Gasteiger charge is 2.32. The van der Waals surface area contributed by atoms with Gasteiger partial charge in [-0.1, -0.05) is 0 Å². The van der Waals surface area contributed by atoms with Crippen LogP contribution in [-0.4, -0.2) is 53.5 Å². The molecule has 1 aromatic rings. The molecule has 1 saturated heterocycles. The zero-order chi connectivity index (χ0) is 16.5. The summed E-state index contributed by atoms with van der Waals surface area (Å²) in [6.45, 7) is -0.171. The van der Waals surface area contributed by atoms with Crippen molar-refractivity contribution >= 4 is 31.8 Å². The lowest BCUT2D eigenvalue weighted by Gasteiger charge is -2.13. The smallest absolute Gasteiger partial charge is 0.414 e. The molecule has 0 radical (unpaired) electrons. The molecular formula is C11H14N2O7S2. The third-order valence-electron chi connectivity index (χ3n) is 2.80. The highest BCUT2D eigenvalue weighted by Crippen LogP contribution is 2.23. The van der Waals surface area contributed by atoms with Crippen molar-refractivity contribution in [3.63, 3.8) is 0 Å². The molecule has 1 aromatic carbocycles. The summed E-state index contributed by atoms with van der Waals surface area (Å²) in [5.41, 5.74) is 0.374. The van der Waals surface area contributed by atoms with E-state index in [0.29, 0.717) is 5.69 Å². The minimum atomic E-state index is -4.20. The number of aliphatic hydroxyl groups excluding tert-OH is 1. The second kappa shape index (κ2) is 5.83. The van der Waals surface area contributed by atoms with Gasteiger partial charge >= 0.3 is 6.09 Å². The van der Waals surface area contributed by atoms with Gasteiger partial charge in [0.05, 0.1) is 24.3 Å². The first-order valence-electron chi connectivity index (χ1n) is 6.05. The van der Waals surface area contributed by atoms with Crippen LogP contribution >= 0.6 is 0 Å². The molecule has 2 rings (SSSR count). The normalized spacial score (nSPS) is 19.3. The predicted molar refractivity (Wildman–Crippen MR) is 76.3 cm³/mol. The van der Waals surface area contributed by atoms with Crippen molar-refractivity contribution in [3.8, 4) is 0 Å². The summed E-state index contributed by atoms with van der Waals surface area (Å²) in [5, 5.41) is 8.96. The first kappa shape index (κ1) is 16.7. The molecule has 9 nitrogen and oxygen atoms in total. The molecule has 0 aliphatic carbocycles. The zero-order valence-corrected chi connectivity index (χ0v) is 13.1. The second-order valence-corrected chi connectivity index (χ2v) is 8.34. The maximum atomic E-state index is 11.8. The van der Waals surface area contributed by atoms with Crippen LogP contribution in [0.2, 0.25) is 0 Å². The van der Waals surface area contributed by atoms with Crippen LogP contribution in [0.3, 0.4) is 0 Å². The quantitative estimate of drug-likeness (QED) is 0.714. The average Bonchev–Trinajstić information content (AvgIpc) is 2.77. The van der Waals surface area contributed by atoms with Crippen molar-refractivity contribution < 1.29 is 31.5 Å². The molecule has 1 aliphatic rings. The fourth-order valence-corrected chi connectivity index (χ4v) is 4.35. The number of cyclic esters (lactones) is 1. The molecule has 0 bridgehead atoms. The molecule has 1 atom stereocenters. The Morgan fingerprint density at radius 1 is 1.27 bits per heavy atom. The van der Waals surface area contributed by atoms with Crippen LogP contribution in [0.15, 0.2) is 29.2 Å². The van der Waals surface area contributed by atoms with E-state index >= 15 is 0 Å². The molecule has 0 unspecified atom stereocenters. The Hall–Kier alpha value is -1.69. The Morgan fingerprint density at radius 3 is 2.32 bits per heavy atom. The van der Waals surface area contributed by atoms with Crippen molar-refractivity contribution in [2.24, 2.45) is 0 Å². The van der Waals surface area contributed by atoms with E-state index in [1.165, 1.54) is 33.3 Å². The molecule has 2 N–H and O–H groups in total. The van der Waals surface area contributed by atoms with Gasteiger partial charge in [-0.2, -0.15) is 0 Å². The van der Waals surface area contributed by atoms with Crippen LogP contribution in [0, 0.1) is 0 Å². The number of carbonyl (C=O) groups is 1. The number of nitrogens with one attached hydrogen (secondary N) is 1. The van der Waals surface area contributed by atoms with Gasteiger partial charge in [-0.05, 0) is 24.3 Å². The molecule has 122 valence electrons. The van der Waals surface area contributed by atoms with Gasteiger partial charge in [-0.25, -0.2) is 21.6 Å². The van der Waals surface area contributed by atoms with Gasteiger partial charge in [0.2, 0.25) is 10.0 Å². The lowest BCUT2D eigenvalue weighted by molar-refractivity contribution is 0.0963. The first-order chi connectivity index (χ1) is 10.1. The summed E-state index contributed by atoms with van der Waals surface area (Å²) in [5.74, 6) is 0. The van der Waals surface area contributed by atoms with E-state index < -0.39 is 32.2 Å². The summed E-state index contributed by atoms with van der Waals surface area (Å²) in [4.78, 5) is 12.6. The molecule has 0 saturated carbocycles. The molecule has 1 amide bonds. The van der Waals surface area contributed by atoms with Gasteiger partial charge in [-0.3, -0.25) is 4.90 Å². The SMILES string of the molecule is CS(=O)(=O)NS(=O)(=O)c1ccc(N2C[C@H](CO)OC2=O)cc1. The number of aliphatic hydroxyl groups is 1. The van der Waals surface area contributed by atoms with Crippen LogP contribution in [-0.2, 0) is 24.8 Å². The topological polar surface area (TPSA) is 130 Å². The fraction of sp³-hybridized carbons (Fsp3) is 0.364. The first-order valence-corrected chi connectivity index (χ1v) is 9.42. The van der Waals surface area contributed by atoms with Crippen molar-refractivity contribution in [3.05, 3.63) is 24.3 Å². The molecule has 1 fully saturated rings. The summed E-state index contributed by atoms with van der Waals surface area (Å²) in [7, 11) is -8.13. The van der Waals surface area contributed by atoms with E-state index in [1.54, 1.807) is 0 Å². The largest absolute Gasteiger partial charge is 0.441 e. The lowest BCUT2D eigenvalue weighted by Crippen LogP contribution is -2.29. The van der Waals surface area contributed by atoms with Crippen molar-refractivity contribution in [2.75, 3.05) is 24.3 Å². The number of sulfonamides is 2. The number of carbonyl (C=O) groups excluding carboxylic acids is 1. The highest BCUT2D eigenvalue weighted by molar-refractivity contribution is 8.04. The number of anilines is 1. The summed E-state index contributed by atoms with van der Waals surface area (Å²) in [6, 6.07) is 5.03. The van der Waals surface area contributed by atoms with E-state index in [9.17, 15) is 21.6 Å². The van der Waals surface area contributed by atoms with E-state index in [0.717, 1.165) is 6.26 Å². The minimum Gasteiger partial charge on any atom is -0.441 e. The van der Waals surface area contributed by atoms with Crippen LogP contribution < -0.4 is 9.03 Å². The standard InChI is InChI=1S/C11H14N2O7S2/c1-21(16,17)12-22(18,19)10-4-2-8(3-5-10)13-6-9(7-14)20-11(13)15/h2-5,9,12,14H,6-7H2,1H3/t9-/m1/s1. The van der Waals surface area contributed by atoms with Crippen molar-refractivity contribution in [2.45, 2.75) is 11.0 Å². The Morgan fingerprint density at radius 2 is 1.86 bits per heavy atom. The highest BCUT2D eigenvalue weighted by atomic mass is 32.3. The Bertz CT molecular complexity index is 771. The minimum absolute atomic E-state index is 0.142. The number of hydrogen-bond donors (Lipinski definition) is 2. The molecule has 0 aromatic heterocycles. The molecule has 11 heteroatoms. The summed E-state index contributed by atoms with van der Waals surface area (Å²) >= 11 is 0. The van der Waals surface area contributed by atoms with Crippen molar-refractivity contribution in [1.29, 1.82) is 0 Å². The van der Waals surface area contributed by atoms with E-state index in [-0.39, 0.29) is 18.0 Å². The average molecular weight is 350 g/mol. The second-order valence-electron chi connectivity index (χ2n) is 4.65. The monoisotopic (exact) mass is 350 g/mol. The number of rotatable bonds is 5. The van der Waals surface area contributed by atoms with Crippen LogP contribution in [0.4, 0.5) is 10.5 Å². The van der Waals surface area contributed by atoms with Gasteiger partial charge in [0, 0.05) is 5.69 Å². The summed E-state index contributed by atoms with van der Waals surface area (Å²) < 4.78 is 52.1. The van der Waals surface area contributed by atoms with Gasteiger partial charge in [-0.15, -0.1) is 4.13 Å². The van der Waals surface area contributed by atoms with Gasteiger partial charge < -0.3 is 9.84 Å². The predicted octanol–water partition coefficient (Wildman–Crippen LogP) is -0.758. The van der Waals surface area contributed by atoms with Crippen molar-refractivity contribution in [1.82, 2.24) is 4.13 Å². The van der Waals surface area contributed by atoms with E-state index in [2.05, 4.69) is 0 Å². The molecule has 0 spiro atoms. The number of nitrogens with zero attached hydrogens (tertiary/aromatic N) is 1. The molecule has 22 heavy (non-hydrogen) atoms. The Kier molecular flexibility index (Phi) is 4.42. The van der Waals surface area contributed by atoms with E-state index in [4.69, 9.17) is 9.84 Å². The zero-order valence-electron chi connectivity index (χ0n) is 11.5.